The molecule has 12 heavy (non-hydrogen) atoms. The lowest BCUT2D eigenvalue weighted by Crippen LogP contribution is -2.25. The van der Waals surface area contributed by atoms with Crippen LogP contribution in [0.5, 0.6) is 0 Å². The average molecular weight is 206 g/mol. The molecule has 0 N–H and O–H groups in total. The summed E-state index contributed by atoms with van der Waals surface area (Å²) in [4.78, 5) is 0. The summed E-state index contributed by atoms with van der Waals surface area (Å²) in [6.45, 7) is 6.41. The Morgan fingerprint density at radius 1 is 1.42 bits per heavy atom. The van der Waals surface area contributed by atoms with Crippen molar-refractivity contribution >= 4 is 20.1 Å². The molecule has 0 saturated heterocycles. The Morgan fingerprint density at radius 3 is 2.33 bits per heavy atom. The summed E-state index contributed by atoms with van der Waals surface area (Å²) in [5, 5.41) is 0. The first-order valence-electron chi connectivity index (χ1n) is 3.91. The number of hydrogen-bond donors (Lipinski definition) is 0. The molecular formula is C8H18O2SSi. The van der Waals surface area contributed by atoms with Crippen molar-refractivity contribution in [2.24, 2.45) is 0 Å². The second-order valence-corrected chi connectivity index (χ2v) is 8.74. The first kappa shape index (κ1) is 11.9. The van der Waals surface area contributed by atoms with Crippen LogP contribution in [-0.2, 0) is 9.16 Å². The molecule has 4 heteroatoms. The maximum absolute atomic E-state index is 5.65. The second kappa shape index (κ2) is 5.53. The van der Waals surface area contributed by atoms with Gasteiger partial charge in [0.25, 0.3) is 5.95 Å². The topological polar surface area (TPSA) is 18.5 Å². The minimum absolute atomic E-state index is 0.670. The maximum Gasteiger partial charge on any atom is 0.261 e. The molecular weight excluding hydrogens is 188 g/mol. The molecule has 0 spiro atoms. The summed E-state index contributed by atoms with van der Waals surface area (Å²) < 4.78 is 10.7. The smallest absolute Gasteiger partial charge is 0.261 e. The average Bonchev–Trinajstić information content (AvgIpc) is 1.95. The quantitative estimate of drug-likeness (QED) is 0.509. The lowest BCUT2D eigenvalue weighted by Gasteiger charge is -2.20. The van der Waals surface area contributed by atoms with E-state index in [2.05, 4.69) is 25.9 Å². The van der Waals surface area contributed by atoms with Gasteiger partial charge in [0.15, 0.2) is 0 Å². The summed E-state index contributed by atoms with van der Waals surface area (Å²) in [6.07, 6.45) is 4.03. The Labute approximate surface area is 80.5 Å². The number of thioether (sulfide) groups is 1. The van der Waals surface area contributed by atoms with E-state index in [1.807, 2.05) is 6.08 Å². The zero-order valence-corrected chi connectivity index (χ0v) is 10.3. The van der Waals surface area contributed by atoms with Gasteiger partial charge in [0, 0.05) is 11.8 Å². The van der Waals surface area contributed by atoms with Crippen molar-refractivity contribution in [3.05, 3.63) is 12.0 Å². The van der Waals surface area contributed by atoms with Gasteiger partial charge in [-0.2, -0.15) is 11.8 Å². The van der Waals surface area contributed by atoms with Crippen molar-refractivity contribution in [2.75, 3.05) is 19.1 Å². The molecule has 0 aromatic heterocycles. The van der Waals surface area contributed by atoms with Gasteiger partial charge in [0.1, 0.15) is 0 Å². The molecule has 0 heterocycles. The van der Waals surface area contributed by atoms with E-state index < -0.39 is 8.32 Å². The number of rotatable bonds is 5. The van der Waals surface area contributed by atoms with Gasteiger partial charge in [-0.3, -0.25) is 0 Å². The van der Waals surface area contributed by atoms with Crippen LogP contribution in [0, 0.1) is 0 Å². The van der Waals surface area contributed by atoms with E-state index in [1.165, 1.54) is 0 Å². The molecule has 0 rings (SSSR count). The van der Waals surface area contributed by atoms with E-state index in [0.717, 1.165) is 5.75 Å². The van der Waals surface area contributed by atoms with Crippen LogP contribution >= 0.6 is 11.8 Å². The largest absolute Gasteiger partial charge is 0.520 e. The van der Waals surface area contributed by atoms with Crippen LogP contribution in [0.15, 0.2) is 12.0 Å². The van der Waals surface area contributed by atoms with Crippen LogP contribution in [0.1, 0.15) is 0 Å². The molecule has 0 amide bonds. The van der Waals surface area contributed by atoms with Crippen LogP contribution in [-0.4, -0.2) is 27.4 Å². The summed E-state index contributed by atoms with van der Waals surface area (Å²) in [5.74, 6) is 1.61. The van der Waals surface area contributed by atoms with E-state index in [1.54, 1.807) is 18.9 Å². The highest BCUT2D eigenvalue weighted by atomic mass is 32.2. The van der Waals surface area contributed by atoms with Crippen LogP contribution in [0.4, 0.5) is 0 Å². The zero-order chi connectivity index (χ0) is 9.61. The van der Waals surface area contributed by atoms with Crippen molar-refractivity contribution in [1.29, 1.82) is 0 Å². The fraction of sp³-hybridized carbons (Fsp3) is 0.750. The van der Waals surface area contributed by atoms with E-state index in [4.69, 9.17) is 9.16 Å². The van der Waals surface area contributed by atoms with Crippen molar-refractivity contribution in [2.45, 2.75) is 19.6 Å². The van der Waals surface area contributed by atoms with Gasteiger partial charge in [-0.25, -0.2) is 0 Å². The highest BCUT2D eigenvalue weighted by molar-refractivity contribution is 7.98. The summed E-state index contributed by atoms with van der Waals surface area (Å²) in [7, 11) is 0.151. The summed E-state index contributed by atoms with van der Waals surface area (Å²) in [5.41, 5.74) is 0. The maximum atomic E-state index is 5.65. The van der Waals surface area contributed by atoms with Gasteiger partial charge >= 0.3 is 0 Å². The molecule has 0 bridgehead atoms. The minimum Gasteiger partial charge on any atom is -0.520 e. The van der Waals surface area contributed by atoms with Gasteiger partial charge in [-0.15, -0.1) is 0 Å². The Hall–Kier alpha value is -0.0931. The van der Waals surface area contributed by atoms with Gasteiger partial charge in [0.05, 0.1) is 7.11 Å². The first-order chi connectivity index (χ1) is 5.49. The van der Waals surface area contributed by atoms with Crippen molar-refractivity contribution in [3.63, 3.8) is 0 Å². The number of ether oxygens (including phenoxy) is 1. The van der Waals surface area contributed by atoms with Gasteiger partial charge in [-0.05, 0) is 25.9 Å². The Kier molecular flexibility index (Phi) is 5.49. The van der Waals surface area contributed by atoms with Gasteiger partial charge in [-0.1, -0.05) is 0 Å². The molecule has 0 aliphatic carbocycles. The van der Waals surface area contributed by atoms with Crippen LogP contribution in [0.3, 0.4) is 0 Å². The third kappa shape index (κ3) is 6.61. The lowest BCUT2D eigenvalue weighted by molar-refractivity contribution is 0.146. The van der Waals surface area contributed by atoms with E-state index in [0.29, 0.717) is 5.95 Å². The summed E-state index contributed by atoms with van der Waals surface area (Å²) in [6, 6.07) is 0. The fourth-order valence-electron chi connectivity index (χ4n) is 0.620. The molecule has 0 aromatic carbocycles. The molecule has 0 unspecified atom stereocenters. The highest BCUT2D eigenvalue weighted by Gasteiger charge is 2.17. The van der Waals surface area contributed by atoms with Crippen molar-refractivity contribution in [1.82, 2.24) is 0 Å². The zero-order valence-electron chi connectivity index (χ0n) is 8.51. The van der Waals surface area contributed by atoms with E-state index >= 15 is 0 Å². The number of hydrogen-bond acceptors (Lipinski definition) is 3. The Balaban J connectivity index is 3.99. The van der Waals surface area contributed by atoms with Gasteiger partial charge in [0.2, 0.25) is 8.32 Å². The Morgan fingerprint density at radius 2 is 2.00 bits per heavy atom. The second-order valence-electron chi connectivity index (χ2n) is 3.40. The predicted octanol–water partition coefficient (Wildman–Crippen LogP) is 2.69. The molecule has 0 radical (unpaired) electrons. The summed E-state index contributed by atoms with van der Waals surface area (Å²) >= 11 is 1.75. The third-order valence-corrected chi connectivity index (χ3v) is 2.34. The standard InChI is InChI=1S/C8H18O2SSi/c1-9-8(6-7-11-2)10-12(3,4)5/h6H,7H2,1-5H3/b8-6-. The molecule has 72 valence electrons. The van der Waals surface area contributed by atoms with E-state index in [9.17, 15) is 0 Å². The lowest BCUT2D eigenvalue weighted by atomic mass is 10.7. The monoisotopic (exact) mass is 206 g/mol. The van der Waals surface area contributed by atoms with Crippen LogP contribution in [0.25, 0.3) is 0 Å². The highest BCUT2D eigenvalue weighted by Crippen LogP contribution is 2.11. The van der Waals surface area contributed by atoms with Crippen LogP contribution < -0.4 is 0 Å². The molecule has 0 fully saturated rings. The Bertz CT molecular complexity index is 152. The van der Waals surface area contributed by atoms with E-state index in [-0.39, 0.29) is 0 Å². The fourth-order valence-corrected chi connectivity index (χ4v) is 1.69. The van der Waals surface area contributed by atoms with Gasteiger partial charge < -0.3 is 9.16 Å². The van der Waals surface area contributed by atoms with Crippen molar-refractivity contribution in [3.8, 4) is 0 Å². The molecule has 0 aliphatic rings. The molecule has 0 aromatic rings. The molecule has 0 saturated carbocycles. The molecule has 2 nitrogen and oxygen atoms in total. The van der Waals surface area contributed by atoms with Crippen LogP contribution in [0.2, 0.25) is 19.6 Å². The molecule has 0 aliphatic heterocycles. The normalized spacial score (nSPS) is 12.9. The predicted molar refractivity (Wildman–Crippen MR) is 57.9 cm³/mol. The third-order valence-electron chi connectivity index (χ3n) is 1.02. The first-order valence-corrected chi connectivity index (χ1v) is 8.72. The minimum atomic E-state index is -1.49. The number of methoxy groups -OCH3 is 1. The SMILES string of the molecule is CO/C(=C/CSC)O[Si](C)(C)C. The molecule has 0 atom stereocenters. The van der Waals surface area contributed by atoms with Crippen molar-refractivity contribution < 1.29 is 9.16 Å².